The fraction of sp³-hybridized carbons (Fsp3) is 0.529. The Kier molecular flexibility index (Phi) is 8.29. The van der Waals surface area contributed by atoms with Crippen LogP contribution in [0.4, 0.5) is 38.1 Å². The predicted octanol–water partition coefficient (Wildman–Crippen LogP) is 2.87. The molecule has 2 aliphatic rings. The maximum atomic E-state index is 10.6. The van der Waals surface area contributed by atoms with Gasteiger partial charge in [0.1, 0.15) is 10.6 Å². The number of fused-ring (bicyclic) bond motifs is 3. The number of aromatic nitrogens is 2. The van der Waals surface area contributed by atoms with E-state index in [1.54, 1.807) is 11.3 Å². The first kappa shape index (κ1) is 26.4. The molecule has 1 aliphatic heterocycles. The largest absolute Gasteiger partial charge is 0.490 e. The molecule has 1 saturated heterocycles. The van der Waals surface area contributed by atoms with Gasteiger partial charge in [0.25, 0.3) is 0 Å². The van der Waals surface area contributed by atoms with Gasteiger partial charge in [-0.25, -0.2) is 14.6 Å². The number of morpholine rings is 1. The molecule has 9 nitrogen and oxygen atoms in total. The minimum atomic E-state index is -5.08. The normalized spacial score (nSPS) is 15.8. The lowest BCUT2D eigenvalue weighted by Gasteiger charge is -2.26. The molecule has 0 spiro atoms. The molecule has 4 rings (SSSR count). The number of nitrogens with zero attached hydrogens (tertiary/aromatic N) is 3. The topological polar surface area (TPSA) is 139 Å². The number of thiophene rings is 1. The van der Waals surface area contributed by atoms with Crippen LogP contribution in [0, 0.1) is 0 Å². The summed E-state index contributed by atoms with van der Waals surface area (Å²) in [5.74, 6) is -4.11. The van der Waals surface area contributed by atoms with E-state index in [0.717, 1.165) is 48.9 Å². The van der Waals surface area contributed by atoms with Gasteiger partial charge in [0.2, 0.25) is 5.95 Å². The molecule has 1 fully saturated rings. The SMILES string of the molecule is Nc1nc(N2CCOCC2)nc2sc3c(c12)CCC3.O=C(O)C(F)(F)F.O=C(O)C(F)(F)F. The molecule has 0 bridgehead atoms. The molecule has 33 heavy (non-hydrogen) atoms. The fourth-order valence-electron chi connectivity index (χ4n) is 2.92. The first-order valence-electron chi connectivity index (χ1n) is 9.22. The highest BCUT2D eigenvalue weighted by atomic mass is 32.1. The van der Waals surface area contributed by atoms with Crippen molar-refractivity contribution in [2.75, 3.05) is 36.9 Å². The third kappa shape index (κ3) is 7.05. The van der Waals surface area contributed by atoms with E-state index in [1.165, 1.54) is 23.3 Å². The highest BCUT2D eigenvalue weighted by molar-refractivity contribution is 7.19. The van der Waals surface area contributed by atoms with Gasteiger partial charge in [0.15, 0.2) is 0 Å². The van der Waals surface area contributed by atoms with Crippen LogP contribution < -0.4 is 10.6 Å². The second-order valence-electron chi connectivity index (χ2n) is 6.65. The molecule has 2 aromatic heterocycles. The van der Waals surface area contributed by atoms with E-state index in [0.29, 0.717) is 5.82 Å². The minimum Gasteiger partial charge on any atom is -0.475 e. The van der Waals surface area contributed by atoms with Gasteiger partial charge in [-0.2, -0.15) is 31.3 Å². The fourth-order valence-corrected chi connectivity index (χ4v) is 4.18. The number of nitrogens with two attached hydrogens (primary N) is 1. The van der Waals surface area contributed by atoms with Gasteiger partial charge in [-0.15, -0.1) is 11.3 Å². The summed E-state index contributed by atoms with van der Waals surface area (Å²) in [6, 6.07) is 0. The maximum Gasteiger partial charge on any atom is 0.490 e. The average molecular weight is 504 g/mol. The van der Waals surface area contributed by atoms with E-state index in [9.17, 15) is 26.3 Å². The lowest BCUT2D eigenvalue weighted by atomic mass is 10.2. The summed E-state index contributed by atoms with van der Waals surface area (Å²) >= 11 is 1.79. The summed E-state index contributed by atoms with van der Waals surface area (Å²) in [5, 5.41) is 15.4. The molecular weight excluding hydrogens is 486 g/mol. The summed E-state index contributed by atoms with van der Waals surface area (Å²) < 4.78 is 68.8. The first-order valence-corrected chi connectivity index (χ1v) is 10.0. The van der Waals surface area contributed by atoms with Crippen LogP contribution >= 0.6 is 11.3 Å². The van der Waals surface area contributed by atoms with Crippen molar-refractivity contribution < 1.29 is 50.9 Å². The third-order valence-corrected chi connectivity index (χ3v) is 5.55. The number of anilines is 2. The second kappa shape index (κ2) is 10.4. The number of hydrogen-bond acceptors (Lipinski definition) is 8. The number of carbonyl (C=O) groups is 2. The van der Waals surface area contributed by atoms with E-state index in [2.05, 4.69) is 9.88 Å². The number of aryl methyl sites for hydroxylation is 2. The zero-order valence-electron chi connectivity index (χ0n) is 16.7. The van der Waals surface area contributed by atoms with Crippen LogP contribution in [0.25, 0.3) is 10.2 Å². The number of rotatable bonds is 1. The van der Waals surface area contributed by atoms with Crippen LogP contribution in [0.15, 0.2) is 0 Å². The standard InChI is InChI=1S/C13H16N4OS.2C2HF3O2/c14-11-10-8-2-1-3-9(8)19-12(10)16-13(15-11)17-4-6-18-7-5-17;2*3-2(4,5)1(6)7/h1-7H2,(H2,14,15,16);2*(H,6,7). The predicted molar refractivity (Wildman–Crippen MR) is 104 cm³/mol. The summed E-state index contributed by atoms with van der Waals surface area (Å²) in [7, 11) is 0. The van der Waals surface area contributed by atoms with Gasteiger partial charge in [0.05, 0.1) is 18.6 Å². The van der Waals surface area contributed by atoms with E-state index in [1.807, 2.05) is 0 Å². The zero-order valence-corrected chi connectivity index (χ0v) is 17.5. The summed E-state index contributed by atoms with van der Waals surface area (Å²) in [4.78, 5) is 31.7. The van der Waals surface area contributed by atoms with Crippen molar-refractivity contribution in [2.24, 2.45) is 0 Å². The highest BCUT2D eigenvalue weighted by Crippen LogP contribution is 2.39. The Balaban J connectivity index is 0.000000230. The Labute approximate surface area is 185 Å². The van der Waals surface area contributed by atoms with Gasteiger partial charge in [0, 0.05) is 18.0 Å². The number of alkyl halides is 6. The van der Waals surface area contributed by atoms with Crippen molar-refractivity contribution in [3.05, 3.63) is 10.4 Å². The summed E-state index contributed by atoms with van der Waals surface area (Å²) in [5.41, 5.74) is 7.57. The van der Waals surface area contributed by atoms with Crippen molar-refractivity contribution >= 4 is 45.3 Å². The van der Waals surface area contributed by atoms with Crippen LogP contribution in [-0.2, 0) is 27.2 Å². The molecule has 0 atom stereocenters. The van der Waals surface area contributed by atoms with Crippen LogP contribution in [0.5, 0.6) is 0 Å². The molecule has 1 aliphatic carbocycles. The zero-order chi connectivity index (χ0) is 25.0. The van der Waals surface area contributed by atoms with E-state index in [-0.39, 0.29) is 0 Å². The quantitative estimate of drug-likeness (QED) is 0.501. The Morgan fingerprint density at radius 1 is 0.970 bits per heavy atom. The Morgan fingerprint density at radius 3 is 1.97 bits per heavy atom. The number of hydrogen-bond donors (Lipinski definition) is 3. The van der Waals surface area contributed by atoms with Crippen molar-refractivity contribution in [1.29, 1.82) is 0 Å². The van der Waals surface area contributed by atoms with Gasteiger partial charge in [-0.3, -0.25) is 0 Å². The molecule has 184 valence electrons. The van der Waals surface area contributed by atoms with Gasteiger partial charge < -0.3 is 25.6 Å². The maximum absolute atomic E-state index is 10.6. The van der Waals surface area contributed by atoms with Gasteiger partial charge in [-0.05, 0) is 24.8 Å². The second-order valence-corrected chi connectivity index (χ2v) is 7.74. The number of ether oxygens (including phenoxy) is 1. The van der Waals surface area contributed by atoms with Crippen molar-refractivity contribution in [3.8, 4) is 0 Å². The van der Waals surface area contributed by atoms with Crippen LogP contribution in [0.2, 0.25) is 0 Å². The van der Waals surface area contributed by atoms with E-state index >= 15 is 0 Å². The first-order chi connectivity index (χ1) is 15.2. The van der Waals surface area contributed by atoms with E-state index in [4.69, 9.17) is 35.3 Å². The monoisotopic (exact) mass is 504 g/mol. The lowest BCUT2D eigenvalue weighted by Crippen LogP contribution is -2.37. The molecule has 0 unspecified atom stereocenters. The molecule has 0 saturated carbocycles. The molecule has 4 N–H and O–H groups in total. The average Bonchev–Trinajstić information content (AvgIpc) is 3.29. The third-order valence-electron chi connectivity index (χ3n) is 4.36. The van der Waals surface area contributed by atoms with Crippen LogP contribution in [-0.4, -0.2) is 70.8 Å². The van der Waals surface area contributed by atoms with Crippen LogP contribution in [0.1, 0.15) is 16.9 Å². The molecule has 3 heterocycles. The smallest absolute Gasteiger partial charge is 0.475 e. The van der Waals surface area contributed by atoms with Crippen LogP contribution in [0.3, 0.4) is 0 Å². The summed E-state index contributed by atoms with van der Waals surface area (Å²) in [6.07, 6.45) is -6.63. The molecule has 16 heteroatoms. The minimum absolute atomic E-state index is 0.644. The van der Waals surface area contributed by atoms with Gasteiger partial charge >= 0.3 is 24.3 Å². The molecule has 0 radical (unpaired) electrons. The van der Waals surface area contributed by atoms with Crippen molar-refractivity contribution in [2.45, 2.75) is 31.6 Å². The molecule has 0 amide bonds. The lowest BCUT2D eigenvalue weighted by molar-refractivity contribution is -0.193. The Bertz CT molecular complexity index is 980. The summed E-state index contributed by atoms with van der Waals surface area (Å²) in [6.45, 7) is 3.16. The molecular formula is C17H18F6N4O5S. The number of halogens is 6. The Hall–Kier alpha value is -2.88. The molecule has 0 aromatic carbocycles. The van der Waals surface area contributed by atoms with Gasteiger partial charge in [-0.1, -0.05) is 0 Å². The molecule has 2 aromatic rings. The number of carboxylic acid groups (broad SMARTS) is 2. The number of nitrogen functional groups attached to an aromatic ring is 1. The number of carboxylic acids is 2. The Morgan fingerprint density at radius 2 is 1.48 bits per heavy atom. The van der Waals surface area contributed by atoms with E-state index < -0.39 is 24.3 Å². The number of aliphatic carboxylic acids is 2. The van der Waals surface area contributed by atoms with Crippen molar-refractivity contribution in [3.63, 3.8) is 0 Å². The van der Waals surface area contributed by atoms with Crippen molar-refractivity contribution in [1.82, 2.24) is 9.97 Å². The highest BCUT2D eigenvalue weighted by Gasteiger charge is 2.38.